The van der Waals surface area contributed by atoms with Crippen LogP contribution in [0, 0.1) is 6.92 Å². The van der Waals surface area contributed by atoms with Crippen LogP contribution in [0.4, 0.5) is 5.69 Å². The third-order valence-corrected chi connectivity index (χ3v) is 3.94. The number of anilines is 1. The van der Waals surface area contributed by atoms with E-state index in [0.29, 0.717) is 5.69 Å². The van der Waals surface area contributed by atoms with Gasteiger partial charge < -0.3 is 15.0 Å². The number of esters is 1. The number of hydrogen-bond donors (Lipinski definition) is 2. The smallest absolute Gasteiger partial charge is 0.306 e. The highest BCUT2D eigenvalue weighted by Crippen LogP contribution is 2.23. The standard InChI is InChI=1S/C19H19N3O3/c1-12-4-3-5-15-18(12)22-19(21-15)13-6-8-14(9-7-13)20-16(23)10-11-17(24)25-2/h3-9H,10-11H2,1-2H3,(H,20,23)(H,21,22). The molecule has 0 radical (unpaired) electrons. The molecular weight excluding hydrogens is 318 g/mol. The summed E-state index contributed by atoms with van der Waals surface area (Å²) in [6.45, 7) is 2.03. The van der Waals surface area contributed by atoms with Crippen LogP contribution in [-0.4, -0.2) is 29.0 Å². The number of aromatic amines is 1. The van der Waals surface area contributed by atoms with Gasteiger partial charge in [0.1, 0.15) is 5.82 Å². The van der Waals surface area contributed by atoms with E-state index in [9.17, 15) is 9.59 Å². The molecule has 0 aliphatic rings. The summed E-state index contributed by atoms with van der Waals surface area (Å²) in [4.78, 5) is 30.8. The van der Waals surface area contributed by atoms with Crippen LogP contribution in [0.5, 0.6) is 0 Å². The number of carbonyl (C=O) groups excluding carboxylic acids is 2. The first-order chi connectivity index (χ1) is 12.1. The van der Waals surface area contributed by atoms with Crippen molar-refractivity contribution in [2.45, 2.75) is 19.8 Å². The van der Waals surface area contributed by atoms with Crippen molar-refractivity contribution in [2.75, 3.05) is 12.4 Å². The molecule has 0 unspecified atom stereocenters. The molecule has 128 valence electrons. The van der Waals surface area contributed by atoms with Crippen LogP contribution < -0.4 is 5.32 Å². The largest absolute Gasteiger partial charge is 0.469 e. The molecule has 1 heterocycles. The minimum Gasteiger partial charge on any atom is -0.469 e. The number of imidazole rings is 1. The first-order valence-electron chi connectivity index (χ1n) is 7.99. The number of methoxy groups -OCH3 is 1. The summed E-state index contributed by atoms with van der Waals surface area (Å²) in [6.07, 6.45) is 0.163. The normalized spacial score (nSPS) is 10.6. The average molecular weight is 337 g/mol. The number of benzene rings is 2. The SMILES string of the molecule is COC(=O)CCC(=O)Nc1ccc(-c2nc3c(C)cccc3[nH]2)cc1. The fourth-order valence-corrected chi connectivity index (χ4v) is 2.56. The van der Waals surface area contributed by atoms with Crippen molar-refractivity contribution in [1.82, 2.24) is 9.97 Å². The Labute approximate surface area is 145 Å². The van der Waals surface area contributed by atoms with Gasteiger partial charge in [0.05, 0.1) is 24.6 Å². The zero-order valence-electron chi connectivity index (χ0n) is 14.1. The van der Waals surface area contributed by atoms with Crippen molar-refractivity contribution in [1.29, 1.82) is 0 Å². The fraction of sp³-hybridized carbons (Fsp3) is 0.211. The van der Waals surface area contributed by atoms with E-state index in [2.05, 4.69) is 20.0 Å². The van der Waals surface area contributed by atoms with Gasteiger partial charge in [0.15, 0.2) is 0 Å². The summed E-state index contributed by atoms with van der Waals surface area (Å²) in [5, 5.41) is 2.76. The third-order valence-electron chi connectivity index (χ3n) is 3.94. The summed E-state index contributed by atoms with van der Waals surface area (Å²) in [6, 6.07) is 13.4. The first kappa shape index (κ1) is 16.7. The van der Waals surface area contributed by atoms with Crippen LogP contribution in [-0.2, 0) is 14.3 Å². The number of H-pyrrole nitrogens is 1. The number of aryl methyl sites for hydroxylation is 1. The lowest BCUT2D eigenvalue weighted by Crippen LogP contribution is -2.13. The Balaban J connectivity index is 1.70. The van der Waals surface area contributed by atoms with Gasteiger partial charge in [-0.25, -0.2) is 4.98 Å². The number of amides is 1. The number of nitrogens with one attached hydrogen (secondary N) is 2. The van der Waals surface area contributed by atoms with Gasteiger partial charge in [0.2, 0.25) is 5.91 Å². The molecule has 3 aromatic rings. The molecule has 1 amide bonds. The highest BCUT2D eigenvalue weighted by Gasteiger charge is 2.09. The number of aromatic nitrogens is 2. The molecule has 2 N–H and O–H groups in total. The molecule has 1 aromatic heterocycles. The number of rotatable bonds is 5. The van der Waals surface area contributed by atoms with Crippen LogP contribution >= 0.6 is 0 Å². The number of hydrogen-bond acceptors (Lipinski definition) is 4. The van der Waals surface area contributed by atoms with Crippen molar-refractivity contribution in [3.05, 3.63) is 48.0 Å². The van der Waals surface area contributed by atoms with E-state index in [-0.39, 0.29) is 18.7 Å². The van der Waals surface area contributed by atoms with Gasteiger partial charge in [-0.2, -0.15) is 0 Å². The Bertz CT molecular complexity index is 913. The Hall–Kier alpha value is -3.15. The van der Waals surface area contributed by atoms with E-state index in [0.717, 1.165) is 28.0 Å². The lowest BCUT2D eigenvalue weighted by atomic mass is 10.2. The van der Waals surface area contributed by atoms with E-state index in [1.54, 1.807) is 0 Å². The number of nitrogens with zero attached hydrogens (tertiary/aromatic N) is 1. The van der Waals surface area contributed by atoms with Crippen LogP contribution in [0.3, 0.4) is 0 Å². The van der Waals surface area contributed by atoms with Gasteiger partial charge in [-0.15, -0.1) is 0 Å². The monoisotopic (exact) mass is 337 g/mol. The predicted molar refractivity (Wildman–Crippen MR) is 96.1 cm³/mol. The first-order valence-corrected chi connectivity index (χ1v) is 7.99. The maximum atomic E-state index is 11.8. The molecule has 0 aliphatic carbocycles. The Morgan fingerprint density at radius 2 is 1.88 bits per heavy atom. The average Bonchev–Trinajstić information content (AvgIpc) is 3.06. The van der Waals surface area contributed by atoms with Crippen LogP contribution in [0.25, 0.3) is 22.4 Å². The van der Waals surface area contributed by atoms with E-state index in [4.69, 9.17) is 0 Å². The molecular formula is C19H19N3O3. The zero-order chi connectivity index (χ0) is 17.8. The van der Waals surface area contributed by atoms with Crippen LogP contribution in [0.15, 0.2) is 42.5 Å². The second-order valence-electron chi connectivity index (χ2n) is 5.76. The van der Waals surface area contributed by atoms with E-state index >= 15 is 0 Å². The van der Waals surface area contributed by atoms with E-state index in [1.165, 1.54) is 7.11 Å². The topological polar surface area (TPSA) is 84.1 Å². The number of para-hydroxylation sites is 1. The van der Waals surface area contributed by atoms with Crippen molar-refractivity contribution in [3.63, 3.8) is 0 Å². The summed E-state index contributed by atoms with van der Waals surface area (Å²) < 4.78 is 4.52. The summed E-state index contributed by atoms with van der Waals surface area (Å²) in [5.74, 6) is 0.163. The lowest BCUT2D eigenvalue weighted by Gasteiger charge is -2.05. The number of carbonyl (C=O) groups is 2. The van der Waals surface area contributed by atoms with Gasteiger partial charge in [-0.1, -0.05) is 12.1 Å². The quantitative estimate of drug-likeness (QED) is 0.699. The van der Waals surface area contributed by atoms with Crippen molar-refractivity contribution in [2.24, 2.45) is 0 Å². The minimum absolute atomic E-state index is 0.0682. The summed E-state index contributed by atoms with van der Waals surface area (Å²) in [5.41, 5.74) is 4.68. The van der Waals surface area contributed by atoms with Crippen molar-refractivity contribution in [3.8, 4) is 11.4 Å². The van der Waals surface area contributed by atoms with Gasteiger partial charge in [-0.3, -0.25) is 9.59 Å². The zero-order valence-corrected chi connectivity index (χ0v) is 14.1. The molecule has 0 bridgehead atoms. The molecule has 0 fully saturated rings. The fourth-order valence-electron chi connectivity index (χ4n) is 2.56. The summed E-state index contributed by atoms with van der Waals surface area (Å²) >= 11 is 0. The van der Waals surface area contributed by atoms with Gasteiger partial charge >= 0.3 is 5.97 Å². The maximum Gasteiger partial charge on any atom is 0.306 e. The Kier molecular flexibility index (Phi) is 4.79. The molecule has 0 atom stereocenters. The van der Waals surface area contributed by atoms with E-state index < -0.39 is 5.97 Å². The van der Waals surface area contributed by atoms with Crippen molar-refractivity contribution < 1.29 is 14.3 Å². The van der Waals surface area contributed by atoms with Crippen LogP contribution in [0.2, 0.25) is 0 Å². The maximum absolute atomic E-state index is 11.8. The molecule has 2 aromatic carbocycles. The molecule has 0 spiro atoms. The van der Waals surface area contributed by atoms with Gasteiger partial charge in [0, 0.05) is 17.7 Å². The summed E-state index contributed by atoms with van der Waals surface area (Å²) in [7, 11) is 1.30. The number of fused-ring (bicyclic) bond motifs is 1. The third kappa shape index (κ3) is 3.85. The van der Waals surface area contributed by atoms with Gasteiger partial charge in [-0.05, 0) is 42.8 Å². The van der Waals surface area contributed by atoms with E-state index in [1.807, 2.05) is 49.4 Å². The Morgan fingerprint density at radius 3 is 2.56 bits per heavy atom. The second kappa shape index (κ2) is 7.17. The lowest BCUT2D eigenvalue weighted by molar-refractivity contribution is -0.141. The molecule has 0 aliphatic heterocycles. The molecule has 25 heavy (non-hydrogen) atoms. The molecule has 3 rings (SSSR count). The van der Waals surface area contributed by atoms with Crippen LogP contribution in [0.1, 0.15) is 18.4 Å². The molecule has 0 saturated heterocycles. The second-order valence-corrected chi connectivity index (χ2v) is 5.76. The number of ether oxygens (including phenoxy) is 1. The molecule has 6 nitrogen and oxygen atoms in total. The Morgan fingerprint density at radius 1 is 1.12 bits per heavy atom. The van der Waals surface area contributed by atoms with Gasteiger partial charge in [0.25, 0.3) is 0 Å². The highest BCUT2D eigenvalue weighted by atomic mass is 16.5. The molecule has 6 heteroatoms. The predicted octanol–water partition coefficient (Wildman–Crippen LogP) is 3.43. The minimum atomic E-state index is -0.398. The molecule has 0 saturated carbocycles. The highest BCUT2D eigenvalue weighted by molar-refractivity contribution is 5.92. The van der Waals surface area contributed by atoms with Crippen molar-refractivity contribution >= 4 is 28.6 Å².